The van der Waals surface area contributed by atoms with Crippen LogP contribution >= 0.6 is 11.6 Å². The Morgan fingerprint density at radius 2 is 2.04 bits per heavy atom. The molecule has 1 aliphatic carbocycles. The minimum absolute atomic E-state index is 0.265. The molecule has 1 aromatic carbocycles. The fraction of sp³-hybridized carbons (Fsp3) is 0.529. The molecule has 27 heavy (non-hydrogen) atoms. The fourth-order valence-electron chi connectivity index (χ4n) is 2.56. The Balaban J connectivity index is 2.06. The molecule has 10 heteroatoms. The normalized spacial score (nSPS) is 17.3. The Hall–Kier alpha value is -1.45. The van der Waals surface area contributed by atoms with Crippen LogP contribution in [0.4, 0.5) is 13.2 Å². The summed E-state index contributed by atoms with van der Waals surface area (Å²) in [6.07, 6.45) is 2.51. The van der Waals surface area contributed by atoms with E-state index in [0.29, 0.717) is 10.8 Å². The zero-order valence-corrected chi connectivity index (χ0v) is 16.6. The van der Waals surface area contributed by atoms with E-state index in [1.54, 1.807) is 22.9 Å². The van der Waals surface area contributed by atoms with E-state index in [-0.39, 0.29) is 12.1 Å². The van der Waals surface area contributed by atoms with Gasteiger partial charge < -0.3 is 10.1 Å². The van der Waals surface area contributed by atoms with Crippen molar-refractivity contribution in [3.05, 3.63) is 41.1 Å². The molecule has 2 N–H and O–H groups in total. The van der Waals surface area contributed by atoms with Crippen LogP contribution in [0.2, 0.25) is 5.02 Å². The first-order valence-electron chi connectivity index (χ1n) is 8.37. The van der Waals surface area contributed by atoms with Crippen LogP contribution in [0, 0.1) is 0 Å². The number of ether oxygens (including phenoxy) is 1. The third-order valence-electron chi connectivity index (χ3n) is 4.21. The van der Waals surface area contributed by atoms with E-state index in [1.165, 1.54) is 6.92 Å². The minimum atomic E-state index is -5.42. The van der Waals surface area contributed by atoms with Crippen LogP contribution in [-0.2, 0) is 15.6 Å². The maximum atomic E-state index is 12.4. The van der Waals surface area contributed by atoms with Gasteiger partial charge in [0.1, 0.15) is 12.4 Å². The van der Waals surface area contributed by atoms with E-state index in [2.05, 4.69) is 11.9 Å². The van der Waals surface area contributed by atoms with Crippen molar-refractivity contribution in [3.63, 3.8) is 0 Å². The number of alkyl halides is 3. The topological polar surface area (TPSA) is 67.4 Å². The number of nitrogens with one attached hydrogen (secondary N) is 2. The molecule has 0 saturated heterocycles. The molecule has 0 bridgehead atoms. The number of hydrogen-bond acceptors (Lipinski definition) is 4. The lowest BCUT2D eigenvalue weighted by Crippen LogP contribution is -2.43. The summed E-state index contributed by atoms with van der Waals surface area (Å²) in [7, 11) is -5.42. The molecule has 0 heterocycles. The molecule has 0 spiro atoms. The fourth-order valence-corrected chi connectivity index (χ4v) is 3.59. The quantitative estimate of drug-likeness (QED) is 0.625. The Bertz CT molecular complexity index is 808. The van der Waals surface area contributed by atoms with Crippen LogP contribution in [0.25, 0.3) is 0 Å². The minimum Gasteiger partial charge on any atom is -0.492 e. The number of sulfonamides is 1. The molecule has 5 nitrogen and oxygen atoms in total. The van der Waals surface area contributed by atoms with Gasteiger partial charge in [-0.05, 0) is 49.9 Å². The lowest BCUT2D eigenvalue weighted by Gasteiger charge is -2.23. The van der Waals surface area contributed by atoms with Crippen molar-refractivity contribution >= 4 is 21.6 Å². The number of rotatable bonds is 9. The van der Waals surface area contributed by atoms with Gasteiger partial charge in [0.15, 0.2) is 0 Å². The van der Waals surface area contributed by atoms with Crippen LogP contribution in [0.1, 0.15) is 38.7 Å². The highest BCUT2D eigenvalue weighted by Gasteiger charge is 2.47. The largest absolute Gasteiger partial charge is 0.511 e. The lowest BCUT2D eigenvalue weighted by atomic mass is 10.0. The average Bonchev–Trinajstić information content (AvgIpc) is 3.32. The molecular formula is C17H22ClF3N2O3S. The standard InChI is InChI=1S/C17H22ClF3N2O3S/c1-4-11(2)22-16(7-8-16)14-9-13(5-6-15(14)18)26-10-12(3)23-27(24,25)17(19,20)21/h5-6,9,12,22-23H,2,4,7-8,10H2,1,3H3/t12-/m0/s1. The van der Waals surface area contributed by atoms with Crippen LogP contribution in [-0.4, -0.2) is 26.6 Å². The summed E-state index contributed by atoms with van der Waals surface area (Å²) in [6, 6.07) is 3.88. The predicted octanol–water partition coefficient (Wildman–Crippen LogP) is 4.05. The summed E-state index contributed by atoms with van der Waals surface area (Å²) in [4.78, 5) is 0. The molecule has 1 saturated carbocycles. The van der Waals surface area contributed by atoms with Crippen molar-refractivity contribution in [2.45, 2.75) is 50.2 Å². The number of halogens is 4. The van der Waals surface area contributed by atoms with Gasteiger partial charge in [0.05, 0.1) is 11.6 Å². The Kier molecular flexibility index (Phi) is 6.38. The van der Waals surface area contributed by atoms with Crippen LogP contribution < -0.4 is 14.8 Å². The van der Waals surface area contributed by atoms with E-state index in [4.69, 9.17) is 16.3 Å². The molecule has 2 rings (SSSR count). The number of benzene rings is 1. The summed E-state index contributed by atoms with van der Waals surface area (Å²) >= 11 is 6.31. The lowest BCUT2D eigenvalue weighted by molar-refractivity contribution is -0.0451. The second-order valence-corrected chi connectivity index (χ2v) is 8.70. The Morgan fingerprint density at radius 1 is 1.41 bits per heavy atom. The molecule has 0 aromatic heterocycles. The van der Waals surface area contributed by atoms with Crippen LogP contribution in [0.15, 0.2) is 30.5 Å². The van der Waals surface area contributed by atoms with Crippen LogP contribution in [0.3, 0.4) is 0 Å². The third kappa shape index (κ3) is 5.30. The Labute approximate surface area is 162 Å². The highest BCUT2D eigenvalue weighted by atomic mass is 35.5. The van der Waals surface area contributed by atoms with Gasteiger partial charge in [-0.25, -0.2) is 13.1 Å². The average molecular weight is 427 g/mol. The summed E-state index contributed by atoms with van der Waals surface area (Å²) in [5.41, 5.74) is -3.97. The maximum Gasteiger partial charge on any atom is 0.511 e. The first-order chi connectivity index (χ1) is 12.4. The molecule has 0 amide bonds. The van der Waals surface area contributed by atoms with Gasteiger partial charge in [-0.15, -0.1) is 0 Å². The van der Waals surface area contributed by atoms with Crippen molar-refractivity contribution in [2.75, 3.05) is 6.61 Å². The van der Waals surface area contributed by atoms with Crippen molar-refractivity contribution < 1.29 is 26.3 Å². The zero-order chi connectivity index (χ0) is 20.5. The van der Waals surface area contributed by atoms with E-state index in [0.717, 1.165) is 30.5 Å². The highest BCUT2D eigenvalue weighted by molar-refractivity contribution is 7.90. The number of allylic oxidation sites excluding steroid dienone is 1. The van der Waals surface area contributed by atoms with Crippen molar-refractivity contribution in [1.82, 2.24) is 10.0 Å². The van der Waals surface area contributed by atoms with E-state index in [9.17, 15) is 21.6 Å². The van der Waals surface area contributed by atoms with Gasteiger partial charge in [0.2, 0.25) is 0 Å². The van der Waals surface area contributed by atoms with Gasteiger partial charge in [-0.2, -0.15) is 13.2 Å². The molecule has 0 radical (unpaired) electrons. The number of hydrogen-bond donors (Lipinski definition) is 2. The highest BCUT2D eigenvalue weighted by Crippen LogP contribution is 2.49. The van der Waals surface area contributed by atoms with Crippen LogP contribution in [0.5, 0.6) is 5.75 Å². The molecule has 0 unspecified atom stereocenters. The third-order valence-corrected chi connectivity index (χ3v) is 5.86. The molecule has 0 aliphatic heterocycles. The van der Waals surface area contributed by atoms with E-state index in [1.807, 2.05) is 6.92 Å². The molecule has 152 valence electrons. The van der Waals surface area contributed by atoms with Crippen molar-refractivity contribution in [2.24, 2.45) is 0 Å². The van der Waals surface area contributed by atoms with Gasteiger partial charge in [0.25, 0.3) is 0 Å². The SMILES string of the molecule is C=C(CC)NC1(c2cc(OC[C@H](C)NS(=O)(=O)C(F)(F)F)ccc2Cl)CC1. The zero-order valence-electron chi connectivity index (χ0n) is 15.0. The summed E-state index contributed by atoms with van der Waals surface area (Å²) < 4.78 is 66.5. The van der Waals surface area contributed by atoms with Gasteiger partial charge in [0, 0.05) is 10.7 Å². The van der Waals surface area contributed by atoms with Gasteiger partial charge in [-0.3, -0.25) is 0 Å². The van der Waals surface area contributed by atoms with E-state index >= 15 is 0 Å². The monoisotopic (exact) mass is 426 g/mol. The smallest absolute Gasteiger partial charge is 0.492 e. The molecule has 1 fully saturated rings. The maximum absolute atomic E-state index is 12.4. The first kappa shape index (κ1) is 21.8. The predicted molar refractivity (Wildman–Crippen MR) is 98.0 cm³/mol. The second-order valence-electron chi connectivity index (χ2n) is 6.58. The molecular weight excluding hydrogens is 405 g/mol. The first-order valence-corrected chi connectivity index (χ1v) is 10.2. The van der Waals surface area contributed by atoms with Gasteiger partial charge in [-0.1, -0.05) is 25.1 Å². The summed E-state index contributed by atoms with van der Waals surface area (Å²) in [5.74, 6) is 0.391. The van der Waals surface area contributed by atoms with Crippen molar-refractivity contribution in [1.29, 1.82) is 0 Å². The summed E-state index contributed by atoms with van der Waals surface area (Å²) in [5, 5.41) is 3.91. The molecule has 1 aliphatic rings. The molecule has 1 aromatic rings. The molecule has 1 atom stereocenters. The van der Waals surface area contributed by atoms with Crippen molar-refractivity contribution in [3.8, 4) is 5.75 Å². The van der Waals surface area contributed by atoms with Gasteiger partial charge >= 0.3 is 15.5 Å². The second kappa shape index (κ2) is 7.89. The Morgan fingerprint density at radius 3 is 2.56 bits per heavy atom. The van der Waals surface area contributed by atoms with E-state index < -0.39 is 21.6 Å². The summed E-state index contributed by atoms with van der Waals surface area (Å²) in [6.45, 7) is 6.95.